The zero-order valence-corrected chi connectivity index (χ0v) is 41.9. The van der Waals surface area contributed by atoms with Crippen molar-refractivity contribution in [1.82, 2.24) is 0 Å². The van der Waals surface area contributed by atoms with Crippen LogP contribution in [0.5, 0.6) is 0 Å². The van der Waals surface area contributed by atoms with Crippen molar-refractivity contribution in [1.29, 1.82) is 0 Å². The number of carboxylic acids is 1. The molecule has 64 heavy (non-hydrogen) atoms. The average Bonchev–Trinajstić information content (AvgIpc) is 3.26. The Kier molecular flexibility index (Phi) is 44.0. The van der Waals surface area contributed by atoms with Crippen LogP contribution in [0.15, 0.2) is 72.9 Å². The standard InChI is InChI=1S/C56H97NO7/c1-6-8-10-12-14-16-18-20-22-24-26-27-28-29-31-33-35-37-39-41-43-45-47-55(59)64-52(50-62-49-48-53(56(60)61)57(3,4)5)51-63-54(58)46-44-42-40-38-36-34-32-30-25-23-21-19-17-15-13-11-9-7-2/h8,10,14,16,20,22,26-27,29,31,35,37,52-53H,6-7,9,11-13,15,17-19,21,23-25,28,30,32-34,36,38-51H2,1-5H3/b10-8+,16-14+,22-20+,27-26+,31-29+,37-35+. The summed E-state index contributed by atoms with van der Waals surface area (Å²) in [6.45, 7) is 4.53. The zero-order valence-electron chi connectivity index (χ0n) is 41.9. The molecule has 0 N–H and O–H groups in total. The Labute approximate surface area is 393 Å². The van der Waals surface area contributed by atoms with Crippen molar-refractivity contribution in [3.8, 4) is 0 Å². The number of likely N-dealkylation sites (N-methyl/N-ethyl adjacent to an activating group) is 1. The summed E-state index contributed by atoms with van der Waals surface area (Å²) in [6.07, 6.45) is 59.3. The molecule has 0 rings (SSSR count). The summed E-state index contributed by atoms with van der Waals surface area (Å²) in [5, 5.41) is 11.7. The number of ether oxygens (including phenoxy) is 3. The number of rotatable bonds is 46. The number of allylic oxidation sites excluding steroid dienone is 12. The highest BCUT2D eigenvalue weighted by Crippen LogP contribution is 2.16. The van der Waals surface area contributed by atoms with Crippen LogP contribution in [0.2, 0.25) is 0 Å². The molecule has 8 heteroatoms. The van der Waals surface area contributed by atoms with E-state index >= 15 is 0 Å². The van der Waals surface area contributed by atoms with Crippen molar-refractivity contribution in [2.75, 3.05) is 41.0 Å². The first-order valence-electron chi connectivity index (χ1n) is 26.0. The topological polar surface area (TPSA) is 102 Å². The van der Waals surface area contributed by atoms with E-state index in [0.717, 1.165) is 77.0 Å². The number of carbonyl (C=O) groups excluding carboxylic acids is 3. The molecule has 2 unspecified atom stereocenters. The lowest BCUT2D eigenvalue weighted by Crippen LogP contribution is -2.55. The van der Waals surface area contributed by atoms with Gasteiger partial charge in [0.15, 0.2) is 6.10 Å². The van der Waals surface area contributed by atoms with Gasteiger partial charge in [0, 0.05) is 19.3 Å². The van der Waals surface area contributed by atoms with Gasteiger partial charge in [-0.2, -0.15) is 0 Å². The van der Waals surface area contributed by atoms with Crippen molar-refractivity contribution < 1.29 is 38.2 Å². The lowest BCUT2D eigenvalue weighted by Gasteiger charge is -2.34. The SMILES string of the molecule is CC/C=C/C/C=C/C/C=C/C/C=C/C/C=C/C/C=C/CCCCCC(=O)OC(COCCC(C(=O)[O-])[N+](C)(C)C)COC(=O)CCCCCCCCCCCCCCCCCCCC. The van der Waals surface area contributed by atoms with Crippen LogP contribution in [0.4, 0.5) is 0 Å². The van der Waals surface area contributed by atoms with Gasteiger partial charge in [-0.3, -0.25) is 9.59 Å². The van der Waals surface area contributed by atoms with E-state index in [2.05, 4.69) is 86.8 Å². The molecule has 0 radical (unpaired) electrons. The molecule has 0 bridgehead atoms. The molecule has 0 amide bonds. The second kappa shape index (κ2) is 46.3. The average molecular weight is 896 g/mol. The van der Waals surface area contributed by atoms with Crippen LogP contribution >= 0.6 is 0 Å². The fraction of sp³-hybridized carbons (Fsp3) is 0.732. The van der Waals surface area contributed by atoms with E-state index in [1.807, 2.05) is 0 Å². The molecular formula is C56H97NO7. The highest BCUT2D eigenvalue weighted by Gasteiger charge is 2.25. The number of hydrogen-bond acceptors (Lipinski definition) is 7. The van der Waals surface area contributed by atoms with Crippen LogP contribution in [0.1, 0.15) is 213 Å². The number of aliphatic carboxylic acids is 1. The molecule has 2 atom stereocenters. The van der Waals surface area contributed by atoms with Crippen LogP contribution in [-0.4, -0.2) is 75.5 Å². The van der Waals surface area contributed by atoms with Gasteiger partial charge in [0.1, 0.15) is 12.6 Å². The van der Waals surface area contributed by atoms with E-state index < -0.39 is 18.1 Å². The van der Waals surface area contributed by atoms with Crippen LogP contribution in [0.25, 0.3) is 0 Å². The van der Waals surface area contributed by atoms with E-state index in [4.69, 9.17) is 14.2 Å². The van der Waals surface area contributed by atoms with Crippen molar-refractivity contribution >= 4 is 17.9 Å². The smallest absolute Gasteiger partial charge is 0.306 e. The second-order valence-corrected chi connectivity index (χ2v) is 18.4. The summed E-state index contributed by atoms with van der Waals surface area (Å²) in [5.41, 5.74) is 0. The monoisotopic (exact) mass is 896 g/mol. The lowest BCUT2D eigenvalue weighted by atomic mass is 10.0. The lowest BCUT2D eigenvalue weighted by molar-refractivity contribution is -0.889. The first kappa shape index (κ1) is 60.8. The van der Waals surface area contributed by atoms with E-state index in [9.17, 15) is 19.5 Å². The highest BCUT2D eigenvalue weighted by atomic mass is 16.6. The third kappa shape index (κ3) is 44.0. The minimum absolute atomic E-state index is 0.0256. The quantitative estimate of drug-likeness (QED) is 0.0259. The summed E-state index contributed by atoms with van der Waals surface area (Å²) in [6, 6.07) is -0.735. The molecule has 0 aliphatic rings. The Balaban J connectivity index is 4.32. The van der Waals surface area contributed by atoms with E-state index in [-0.39, 0.29) is 49.1 Å². The summed E-state index contributed by atoms with van der Waals surface area (Å²) >= 11 is 0. The summed E-state index contributed by atoms with van der Waals surface area (Å²) in [7, 11) is 5.40. The fourth-order valence-electron chi connectivity index (χ4n) is 7.37. The van der Waals surface area contributed by atoms with Gasteiger partial charge in [-0.25, -0.2) is 0 Å². The third-order valence-corrected chi connectivity index (χ3v) is 11.4. The molecule has 0 saturated heterocycles. The number of hydrogen-bond donors (Lipinski definition) is 0. The van der Waals surface area contributed by atoms with Gasteiger partial charge in [0.2, 0.25) is 0 Å². The van der Waals surface area contributed by atoms with Gasteiger partial charge in [-0.1, -0.05) is 202 Å². The molecule has 0 aromatic carbocycles. The minimum atomic E-state index is -1.13. The van der Waals surface area contributed by atoms with Crippen molar-refractivity contribution in [3.05, 3.63) is 72.9 Å². The van der Waals surface area contributed by atoms with Gasteiger partial charge in [-0.05, 0) is 64.2 Å². The van der Waals surface area contributed by atoms with Crippen LogP contribution < -0.4 is 5.11 Å². The Hall–Kier alpha value is -3.23. The van der Waals surface area contributed by atoms with Crippen LogP contribution in [-0.2, 0) is 28.6 Å². The van der Waals surface area contributed by atoms with Crippen molar-refractivity contribution in [2.24, 2.45) is 0 Å². The normalized spacial score (nSPS) is 13.5. The maximum atomic E-state index is 12.8. The number of nitrogens with zero attached hydrogens (tertiary/aromatic N) is 1. The molecule has 0 aromatic heterocycles. The van der Waals surface area contributed by atoms with Gasteiger partial charge in [-0.15, -0.1) is 0 Å². The Morgan fingerprint density at radius 3 is 1.30 bits per heavy atom. The van der Waals surface area contributed by atoms with E-state index in [1.165, 1.54) is 96.3 Å². The molecule has 0 spiro atoms. The molecule has 0 fully saturated rings. The van der Waals surface area contributed by atoms with Crippen LogP contribution in [0.3, 0.4) is 0 Å². The largest absolute Gasteiger partial charge is 0.544 e. The number of carboxylic acid groups (broad SMARTS) is 1. The Bertz CT molecular complexity index is 1270. The maximum absolute atomic E-state index is 12.8. The molecule has 0 saturated carbocycles. The zero-order chi connectivity index (χ0) is 47.0. The molecular weight excluding hydrogens is 799 g/mol. The van der Waals surface area contributed by atoms with Crippen LogP contribution in [0, 0.1) is 0 Å². The predicted octanol–water partition coefficient (Wildman–Crippen LogP) is 13.8. The number of unbranched alkanes of at least 4 members (excludes halogenated alkanes) is 20. The number of quaternary nitrogens is 1. The van der Waals surface area contributed by atoms with Crippen molar-refractivity contribution in [3.63, 3.8) is 0 Å². The van der Waals surface area contributed by atoms with Gasteiger partial charge in [0.25, 0.3) is 0 Å². The second-order valence-electron chi connectivity index (χ2n) is 18.4. The third-order valence-electron chi connectivity index (χ3n) is 11.4. The summed E-state index contributed by atoms with van der Waals surface area (Å²) in [5.74, 6) is -1.77. The maximum Gasteiger partial charge on any atom is 0.306 e. The molecule has 0 aromatic rings. The van der Waals surface area contributed by atoms with Gasteiger partial charge in [0.05, 0.1) is 40.3 Å². The highest BCUT2D eigenvalue weighted by molar-refractivity contribution is 5.70. The predicted molar refractivity (Wildman–Crippen MR) is 268 cm³/mol. The van der Waals surface area contributed by atoms with E-state index in [0.29, 0.717) is 12.8 Å². The molecule has 8 nitrogen and oxygen atoms in total. The first-order valence-corrected chi connectivity index (χ1v) is 26.0. The summed E-state index contributed by atoms with van der Waals surface area (Å²) in [4.78, 5) is 37.0. The van der Waals surface area contributed by atoms with Gasteiger partial charge < -0.3 is 28.6 Å². The van der Waals surface area contributed by atoms with Crippen molar-refractivity contribution in [2.45, 2.75) is 225 Å². The number of carbonyl (C=O) groups is 3. The molecule has 0 aliphatic heterocycles. The molecule has 0 aliphatic carbocycles. The Morgan fingerprint density at radius 2 is 0.875 bits per heavy atom. The van der Waals surface area contributed by atoms with Gasteiger partial charge >= 0.3 is 11.9 Å². The molecule has 0 heterocycles. The fourth-order valence-corrected chi connectivity index (χ4v) is 7.37. The van der Waals surface area contributed by atoms with E-state index in [1.54, 1.807) is 21.1 Å². The molecule has 368 valence electrons. The number of esters is 2. The summed E-state index contributed by atoms with van der Waals surface area (Å²) < 4.78 is 17.2. The Morgan fingerprint density at radius 1 is 0.484 bits per heavy atom. The first-order chi connectivity index (χ1) is 31.1. The minimum Gasteiger partial charge on any atom is -0.544 e.